The molecule has 1 aromatic heterocycles. The van der Waals surface area contributed by atoms with Crippen LogP contribution in [-0.2, 0) is 6.42 Å². The van der Waals surface area contributed by atoms with Crippen LogP contribution in [0.4, 0.5) is 4.39 Å². The number of benzene rings is 1. The van der Waals surface area contributed by atoms with Crippen molar-refractivity contribution in [2.45, 2.75) is 12.5 Å². The smallest absolute Gasteiger partial charge is 0.142 e. The molecule has 18 heavy (non-hydrogen) atoms. The topological polar surface area (TPSA) is 12.0 Å². The number of halogens is 3. The molecule has 0 saturated heterocycles. The van der Waals surface area contributed by atoms with E-state index in [9.17, 15) is 4.39 Å². The van der Waals surface area contributed by atoms with Crippen molar-refractivity contribution in [2.75, 3.05) is 7.05 Å². The highest BCUT2D eigenvalue weighted by Gasteiger charge is 2.15. The second-order valence-corrected chi connectivity index (χ2v) is 6.61. The summed E-state index contributed by atoms with van der Waals surface area (Å²) in [5.41, 5.74) is 1.99. The lowest BCUT2D eigenvalue weighted by Gasteiger charge is -2.16. The molecule has 2 rings (SSSR count). The lowest BCUT2D eigenvalue weighted by atomic mass is 10.0. The van der Waals surface area contributed by atoms with E-state index >= 15 is 0 Å². The summed E-state index contributed by atoms with van der Waals surface area (Å²) in [5, 5.41) is 5.53. The molecular formula is C13H12BrClFNS. The molecule has 0 bridgehead atoms. The van der Waals surface area contributed by atoms with Gasteiger partial charge in [-0.1, -0.05) is 23.7 Å². The summed E-state index contributed by atoms with van der Waals surface area (Å²) in [6.07, 6.45) is 0.663. The van der Waals surface area contributed by atoms with Gasteiger partial charge in [0.2, 0.25) is 0 Å². The molecule has 0 radical (unpaired) electrons. The van der Waals surface area contributed by atoms with Gasteiger partial charge < -0.3 is 5.32 Å². The number of hydrogen-bond donors (Lipinski definition) is 1. The van der Waals surface area contributed by atoms with Crippen molar-refractivity contribution in [2.24, 2.45) is 0 Å². The van der Waals surface area contributed by atoms with Gasteiger partial charge in [-0.2, -0.15) is 0 Å². The van der Waals surface area contributed by atoms with Crippen LogP contribution in [-0.4, -0.2) is 7.05 Å². The maximum atomic E-state index is 13.4. The molecule has 5 heteroatoms. The number of rotatable bonds is 4. The molecule has 0 amide bonds. The quantitative estimate of drug-likeness (QED) is 0.836. The van der Waals surface area contributed by atoms with Crippen molar-refractivity contribution >= 4 is 38.9 Å². The zero-order valence-electron chi connectivity index (χ0n) is 9.71. The minimum absolute atomic E-state index is 0.131. The Labute approximate surface area is 123 Å². The Hall–Kier alpha value is -0.420. The normalized spacial score (nSPS) is 12.7. The van der Waals surface area contributed by atoms with Crippen molar-refractivity contribution in [1.29, 1.82) is 0 Å². The second-order valence-electron chi connectivity index (χ2n) is 3.94. The minimum atomic E-state index is -0.365. The lowest BCUT2D eigenvalue weighted by Crippen LogP contribution is -2.18. The van der Waals surface area contributed by atoms with Crippen LogP contribution in [0.25, 0.3) is 0 Å². The van der Waals surface area contributed by atoms with Crippen molar-refractivity contribution < 1.29 is 4.39 Å². The molecule has 1 heterocycles. The standard InChI is InChI=1S/C13H12BrClFNS/c1-17-11(9-6-12(14)18-7-9)5-8-3-2-4-10(16)13(8)15/h2-4,6-7,11,17H,5H2,1H3. The molecule has 1 nitrogen and oxygen atoms in total. The highest BCUT2D eigenvalue weighted by molar-refractivity contribution is 9.11. The minimum Gasteiger partial charge on any atom is -0.313 e. The van der Waals surface area contributed by atoms with E-state index in [4.69, 9.17) is 11.6 Å². The van der Waals surface area contributed by atoms with E-state index in [1.807, 2.05) is 13.1 Å². The summed E-state index contributed by atoms with van der Waals surface area (Å²) < 4.78 is 14.5. The third-order valence-corrected chi connectivity index (χ3v) is 4.74. The molecule has 96 valence electrons. The van der Waals surface area contributed by atoms with Crippen LogP contribution in [0.5, 0.6) is 0 Å². The third kappa shape index (κ3) is 3.12. The Morgan fingerprint density at radius 1 is 1.50 bits per heavy atom. The van der Waals surface area contributed by atoms with Gasteiger partial charge in [-0.25, -0.2) is 4.39 Å². The maximum Gasteiger partial charge on any atom is 0.142 e. The molecule has 0 fully saturated rings. The van der Waals surface area contributed by atoms with Gasteiger partial charge in [-0.15, -0.1) is 11.3 Å². The van der Waals surface area contributed by atoms with Crippen LogP contribution in [0.15, 0.2) is 33.4 Å². The van der Waals surface area contributed by atoms with E-state index in [0.29, 0.717) is 6.42 Å². The SMILES string of the molecule is CNC(Cc1cccc(F)c1Cl)c1csc(Br)c1. The van der Waals surface area contributed by atoms with Crippen LogP contribution in [0.1, 0.15) is 17.2 Å². The molecule has 1 unspecified atom stereocenters. The fourth-order valence-electron chi connectivity index (χ4n) is 1.82. The molecule has 0 aliphatic rings. The second kappa shape index (κ2) is 6.15. The molecular weight excluding hydrogens is 337 g/mol. The first kappa shape index (κ1) is 14.0. The number of nitrogens with one attached hydrogen (secondary N) is 1. The molecule has 2 aromatic rings. The Balaban J connectivity index is 2.23. The van der Waals surface area contributed by atoms with Gasteiger partial charge >= 0.3 is 0 Å². The monoisotopic (exact) mass is 347 g/mol. The van der Waals surface area contributed by atoms with Crippen LogP contribution in [0.3, 0.4) is 0 Å². The zero-order valence-corrected chi connectivity index (χ0v) is 12.9. The first-order valence-corrected chi connectivity index (χ1v) is 7.51. The van der Waals surface area contributed by atoms with E-state index in [0.717, 1.165) is 9.35 Å². The van der Waals surface area contributed by atoms with Crippen molar-refractivity contribution in [3.8, 4) is 0 Å². The third-order valence-electron chi connectivity index (χ3n) is 2.79. The van der Waals surface area contributed by atoms with Crippen molar-refractivity contribution in [3.05, 3.63) is 55.4 Å². The highest BCUT2D eigenvalue weighted by Crippen LogP contribution is 2.29. The van der Waals surface area contributed by atoms with Gasteiger partial charge in [0.25, 0.3) is 0 Å². The van der Waals surface area contributed by atoms with Gasteiger partial charge in [-0.05, 0) is 58.0 Å². The first-order valence-electron chi connectivity index (χ1n) is 5.46. The predicted molar refractivity (Wildman–Crippen MR) is 78.9 cm³/mol. The Morgan fingerprint density at radius 2 is 2.28 bits per heavy atom. The van der Waals surface area contributed by atoms with E-state index in [1.54, 1.807) is 17.4 Å². The van der Waals surface area contributed by atoms with Gasteiger partial charge in [0.15, 0.2) is 0 Å². The Morgan fingerprint density at radius 3 is 2.89 bits per heavy atom. The molecule has 1 aromatic carbocycles. The number of hydrogen-bond acceptors (Lipinski definition) is 2. The Bertz CT molecular complexity index is 544. The van der Waals surface area contributed by atoms with Gasteiger partial charge in [0.05, 0.1) is 8.81 Å². The summed E-state index contributed by atoms with van der Waals surface area (Å²) in [6, 6.07) is 7.12. The maximum absolute atomic E-state index is 13.4. The number of thiophene rings is 1. The predicted octanol–water partition coefficient (Wildman–Crippen LogP) is 4.81. The van der Waals surface area contributed by atoms with Crippen LogP contribution < -0.4 is 5.32 Å². The molecule has 0 spiro atoms. The van der Waals surface area contributed by atoms with E-state index in [2.05, 4.69) is 32.7 Å². The van der Waals surface area contributed by atoms with E-state index in [1.165, 1.54) is 11.6 Å². The van der Waals surface area contributed by atoms with E-state index < -0.39 is 0 Å². The molecule has 1 N–H and O–H groups in total. The molecule has 0 aliphatic heterocycles. The molecule has 1 atom stereocenters. The molecule has 0 saturated carbocycles. The largest absolute Gasteiger partial charge is 0.313 e. The van der Waals surface area contributed by atoms with Crippen LogP contribution >= 0.6 is 38.9 Å². The number of likely N-dealkylation sites (N-methyl/N-ethyl adjacent to an activating group) is 1. The van der Waals surface area contributed by atoms with Crippen molar-refractivity contribution in [3.63, 3.8) is 0 Å². The highest BCUT2D eigenvalue weighted by atomic mass is 79.9. The fourth-order valence-corrected chi connectivity index (χ4v) is 3.25. The summed E-state index contributed by atoms with van der Waals surface area (Å²) in [7, 11) is 1.89. The average molecular weight is 349 g/mol. The van der Waals surface area contributed by atoms with Gasteiger partial charge in [0, 0.05) is 6.04 Å². The van der Waals surface area contributed by atoms with Gasteiger partial charge in [-0.3, -0.25) is 0 Å². The summed E-state index contributed by atoms with van der Waals surface area (Å²) in [6.45, 7) is 0. The molecule has 0 aliphatic carbocycles. The summed E-state index contributed by atoms with van der Waals surface area (Å²) in [5.74, 6) is -0.365. The van der Waals surface area contributed by atoms with E-state index in [-0.39, 0.29) is 16.9 Å². The first-order chi connectivity index (χ1) is 8.61. The summed E-state index contributed by atoms with van der Waals surface area (Å²) in [4.78, 5) is 0. The van der Waals surface area contributed by atoms with Crippen LogP contribution in [0.2, 0.25) is 5.02 Å². The van der Waals surface area contributed by atoms with Crippen LogP contribution in [0, 0.1) is 5.82 Å². The average Bonchev–Trinajstić information content (AvgIpc) is 2.78. The van der Waals surface area contributed by atoms with Crippen molar-refractivity contribution in [1.82, 2.24) is 5.32 Å². The fraction of sp³-hybridized carbons (Fsp3) is 0.231. The Kier molecular flexibility index (Phi) is 4.78. The lowest BCUT2D eigenvalue weighted by molar-refractivity contribution is 0.586. The van der Waals surface area contributed by atoms with Gasteiger partial charge in [0.1, 0.15) is 5.82 Å². The summed E-state index contributed by atoms with van der Waals surface area (Å²) >= 11 is 11.1. The zero-order chi connectivity index (χ0) is 13.1.